The largest absolute Gasteiger partial charge is 0.509 e. The third kappa shape index (κ3) is 8.51. The molecule has 6 heteroatoms. The Bertz CT molecular complexity index is 3910. The van der Waals surface area contributed by atoms with Gasteiger partial charge in [0.2, 0.25) is 0 Å². The summed E-state index contributed by atoms with van der Waals surface area (Å²) in [4.78, 5) is 9.07. The maximum absolute atomic E-state index is 9.41. The van der Waals surface area contributed by atoms with Crippen LogP contribution in [0.25, 0.3) is 72.1 Å². The minimum atomic E-state index is -0.279. The zero-order valence-electron chi connectivity index (χ0n) is 42.6. The summed E-state index contributed by atoms with van der Waals surface area (Å²) in [5.74, 6) is 1.09. The van der Waals surface area contributed by atoms with Gasteiger partial charge in [0.15, 0.2) is 0 Å². The van der Waals surface area contributed by atoms with Gasteiger partial charge in [0.25, 0.3) is 0 Å². The van der Waals surface area contributed by atoms with Crippen molar-refractivity contribution >= 4 is 44.6 Å². The first-order valence-electron chi connectivity index (χ1n) is 25.1. The summed E-state index contributed by atoms with van der Waals surface area (Å²) in [5, 5.41) is 2.00. The quantitative estimate of drug-likeness (QED) is 0.135. The number of hydrogen-bond donors (Lipinski definition) is 0. The summed E-state index contributed by atoms with van der Waals surface area (Å²) >= 11 is 0. The molecule has 0 radical (unpaired) electrons. The van der Waals surface area contributed by atoms with Gasteiger partial charge in [-0.15, -0.1) is 48.0 Å². The van der Waals surface area contributed by atoms with Gasteiger partial charge in [-0.05, 0) is 89.7 Å². The van der Waals surface area contributed by atoms with Gasteiger partial charge in [0.05, 0.1) is 0 Å². The molecule has 0 spiro atoms. The molecule has 0 bridgehead atoms. The molecule has 9 aromatic carbocycles. The first kappa shape index (κ1) is 41.9. The van der Waals surface area contributed by atoms with E-state index in [2.05, 4.69) is 177 Å². The molecule has 348 valence electrons. The zero-order valence-corrected chi connectivity index (χ0v) is 41.9. The molecular weight excluding hydrogens is 1050 g/mol. The molecule has 0 unspecified atom stereocenters. The number of pyridine rings is 1. The van der Waals surface area contributed by atoms with E-state index in [4.69, 9.17) is 11.1 Å². The maximum Gasteiger partial charge on any atom is 0.135 e. The van der Waals surface area contributed by atoms with Crippen LogP contribution in [0.4, 0.5) is 22.7 Å². The van der Waals surface area contributed by atoms with E-state index >= 15 is 0 Å². The average Bonchev–Trinajstić information content (AvgIpc) is 3.97. The molecule has 0 fully saturated rings. The van der Waals surface area contributed by atoms with Crippen LogP contribution in [0.5, 0.6) is 11.5 Å². The number of aryl methyl sites for hydroxylation is 1. The van der Waals surface area contributed by atoms with E-state index < -0.39 is 0 Å². The van der Waals surface area contributed by atoms with Gasteiger partial charge in [0, 0.05) is 79.4 Å². The smallest absolute Gasteiger partial charge is 0.135 e. The topological polar surface area (TPSA) is 33.5 Å². The molecular formula is C65H49N4OPt-3. The van der Waals surface area contributed by atoms with E-state index in [0.717, 1.165) is 94.8 Å². The molecule has 71 heavy (non-hydrogen) atoms. The Kier molecular flexibility index (Phi) is 11.1. The van der Waals surface area contributed by atoms with E-state index in [1.54, 1.807) is 0 Å². The fourth-order valence-electron chi connectivity index (χ4n) is 9.74. The van der Waals surface area contributed by atoms with Crippen molar-refractivity contribution in [1.29, 1.82) is 0 Å². The Hall–Kier alpha value is -7.98. The Balaban J connectivity index is 0.00000588. The van der Waals surface area contributed by atoms with Gasteiger partial charge in [-0.1, -0.05) is 178 Å². The molecule has 0 N–H and O–H groups in total. The molecule has 3 heterocycles. The van der Waals surface area contributed by atoms with E-state index in [9.17, 15) is 2.74 Å². The first-order chi connectivity index (χ1) is 35.5. The number of hydrogen-bond acceptors (Lipinski definition) is 4. The average molecular weight is 1100 g/mol. The molecule has 12 rings (SSSR count). The number of anilines is 4. The normalized spacial score (nSPS) is 12.9. The molecule has 0 aliphatic carbocycles. The zero-order chi connectivity index (χ0) is 50.0. The molecule has 5 nitrogen and oxygen atoms in total. The molecule has 0 saturated heterocycles. The Morgan fingerprint density at radius 3 is 1.93 bits per heavy atom. The summed E-state index contributed by atoms with van der Waals surface area (Å²) in [5.41, 5.74) is 15.5. The second-order valence-corrected chi connectivity index (χ2v) is 18.8. The van der Waals surface area contributed by atoms with E-state index in [1.807, 2.05) is 84.5 Å². The predicted octanol–water partition coefficient (Wildman–Crippen LogP) is 17.3. The molecule has 1 aliphatic rings. The second-order valence-electron chi connectivity index (χ2n) is 18.8. The van der Waals surface area contributed by atoms with Gasteiger partial charge < -0.3 is 19.1 Å². The Labute approximate surface area is 434 Å². The van der Waals surface area contributed by atoms with Crippen LogP contribution in [0.1, 0.15) is 36.0 Å². The van der Waals surface area contributed by atoms with Crippen molar-refractivity contribution < 1.29 is 29.9 Å². The van der Waals surface area contributed by atoms with Gasteiger partial charge in [-0.2, -0.15) is 12.1 Å². The number of aromatic nitrogens is 2. The number of benzene rings is 9. The minimum absolute atomic E-state index is 0. The summed E-state index contributed by atoms with van der Waals surface area (Å²) in [7, 11) is 0. The summed E-state index contributed by atoms with van der Waals surface area (Å²) < 4.78 is 36.4. The maximum atomic E-state index is 9.41. The number of fused-ring (bicyclic) bond motifs is 4. The van der Waals surface area contributed by atoms with Crippen LogP contribution >= 0.6 is 0 Å². The van der Waals surface area contributed by atoms with Crippen molar-refractivity contribution in [2.24, 2.45) is 0 Å². The van der Waals surface area contributed by atoms with Crippen molar-refractivity contribution in [3.05, 3.63) is 248 Å². The van der Waals surface area contributed by atoms with E-state index in [1.165, 1.54) is 5.56 Å². The van der Waals surface area contributed by atoms with Crippen LogP contribution in [0.2, 0.25) is 0 Å². The Morgan fingerprint density at radius 2 is 1.18 bits per heavy atom. The summed E-state index contributed by atoms with van der Waals surface area (Å²) in [6, 6.07) is 73.0. The predicted molar refractivity (Wildman–Crippen MR) is 289 cm³/mol. The first-order valence-corrected chi connectivity index (χ1v) is 23.6. The van der Waals surface area contributed by atoms with Gasteiger partial charge in [-0.3, -0.25) is 0 Å². The van der Waals surface area contributed by atoms with E-state index in [0.29, 0.717) is 5.75 Å². The number of para-hydroxylation sites is 4. The SMILES string of the molecule is [2H]c1c(Oc2[c-]c3c(cc2)c2ccccc2n3-c2cc(C)c(-c3ccccc3)cn2)[c-]c(N2[CH-]N(c3c(-c4ccc(C(C)(C)C)cc4)cccc3-c3cccc(-c4ccccc4)c3)c3ccccc32)c([2H])c1[2H].[Pt]. The van der Waals surface area contributed by atoms with Gasteiger partial charge >= 0.3 is 0 Å². The third-order valence-electron chi connectivity index (χ3n) is 13.3. The van der Waals surface area contributed by atoms with Crippen LogP contribution in [-0.2, 0) is 26.5 Å². The standard InChI is InChI=1S/C65H49N4O.Pt/c1-44-38-63(66-42-58(44)46-20-9-6-10-21-46)69-59-29-12-11-26-56(59)57-37-36-53(41-62(57)69)70-52-25-16-24-51(40-52)67-43-68(61-31-14-13-30-60(61)67)64-54(47-32-34-50(35-33-47)65(2,3)4)27-17-28-55(64)49-23-15-22-48(39-49)45-18-7-5-8-19-45;/h5-39,42-43H,1-4H3;/q-3;/i16D,24D,25D;. The van der Waals surface area contributed by atoms with Crippen molar-refractivity contribution in [2.75, 3.05) is 9.80 Å². The summed E-state index contributed by atoms with van der Waals surface area (Å²) in [6.07, 6.45) is 1.92. The van der Waals surface area contributed by atoms with E-state index in [-0.39, 0.29) is 56.0 Å². The molecule has 11 aromatic rings. The molecule has 1 aliphatic heterocycles. The van der Waals surface area contributed by atoms with Crippen LogP contribution in [0, 0.1) is 25.7 Å². The molecule has 2 aromatic heterocycles. The molecule has 0 saturated carbocycles. The number of nitrogens with zero attached hydrogens (tertiary/aromatic N) is 4. The van der Waals surface area contributed by atoms with Crippen molar-refractivity contribution in [3.63, 3.8) is 0 Å². The second kappa shape index (κ2) is 18.7. The van der Waals surface area contributed by atoms with Gasteiger partial charge in [0.1, 0.15) is 5.82 Å². The molecule has 0 amide bonds. The monoisotopic (exact) mass is 1100 g/mol. The molecule has 0 atom stereocenters. The number of ether oxygens (including phenoxy) is 1. The fraction of sp³-hybridized carbons (Fsp3) is 0.0769. The van der Waals surface area contributed by atoms with Crippen molar-refractivity contribution in [2.45, 2.75) is 33.1 Å². The van der Waals surface area contributed by atoms with Crippen LogP contribution < -0.4 is 14.5 Å². The Morgan fingerprint density at radius 1 is 0.549 bits per heavy atom. The fourth-order valence-corrected chi connectivity index (χ4v) is 9.74. The minimum Gasteiger partial charge on any atom is -0.509 e. The van der Waals surface area contributed by atoms with Crippen molar-refractivity contribution in [1.82, 2.24) is 9.55 Å². The summed E-state index contributed by atoms with van der Waals surface area (Å²) in [6.45, 7) is 10.8. The van der Waals surface area contributed by atoms with Crippen LogP contribution in [-0.4, -0.2) is 9.55 Å². The third-order valence-corrected chi connectivity index (χ3v) is 13.3. The number of rotatable bonds is 9. The van der Waals surface area contributed by atoms with Crippen LogP contribution in [0.15, 0.2) is 218 Å². The van der Waals surface area contributed by atoms with Crippen molar-refractivity contribution in [3.8, 4) is 61.8 Å². The van der Waals surface area contributed by atoms with Crippen LogP contribution in [0.3, 0.4) is 0 Å². The van der Waals surface area contributed by atoms with Gasteiger partial charge in [-0.25, -0.2) is 4.98 Å².